The van der Waals surface area contributed by atoms with Crippen LogP contribution in [0.15, 0.2) is 42.5 Å². The highest BCUT2D eigenvalue weighted by Crippen LogP contribution is 2.31. The molecule has 5 heteroatoms. The summed E-state index contributed by atoms with van der Waals surface area (Å²) >= 11 is 0. The molecule has 20 heavy (non-hydrogen) atoms. The molecule has 5 nitrogen and oxygen atoms in total. The molecule has 2 aromatic rings. The number of rotatable bonds is 4. The number of ether oxygens (including phenoxy) is 1. The van der Waals surface area contributed by atoms with Crippen molar-refractivity contribution >= 4 is 11.5 Å². The van der Waals surface area contributed by atoms with Gasteiger partial charge in [-0.2, -0.15) is 0 Å². The van der Waals surface area contributed by atoms with Gasteiger partial charge >= 0.3 is 0 Å². The Morgan fingerprint density at radius 1 is 1.20 bits per heavy atom. The Hall–Kier alpha value is -2.69. The van der Waals surface area contributed by atoms with Crippen LogP contribution in [0, 0.1) is 17.0 Å². The summed E-state index contributed by atoms with van der Waals surface area (Å²) in [6, 6.07) is 11.4. The second-order valence-electron chi connectivity index (χ2n) is 4.34. The first-order valence-electron chi connectivity index (χ1n) is 6.02. The average molecular weight is 271 g/mol. The van der Waals surface area contributed by atoms with E-state index in [-0.39, 0.29) is 11.5 Å². The molecule has 0 aromatic heterocycles. The summed E-state index contributed by atoms with van der Waals surface area (Å²) < 4.78 is 5.63. The van der Waals surface area contributed by atoms with Gasteiger partial charge in [-0.15, -0.1) is 0 Å². The number of nitro benzene ring substituents is 1. The molecule has 0 radical (unpaired) electrons. The minimum absolute atomic E-state index is 0.00484. The Bertz CT molecular complexity index is 679. The highest BCUT2D eigenvalue weighted by atomic mass is 16.6. The first kappa shape index (κ1) is 13.7. The number of benzene rings is 2. The Labute approximate surface area is 116 Å². The van der Waals surface area contributed by atoms with Gasteiger partial charge in [0.25, 0.3) is 5.69 Å². The van der Waals surface area contributed by atoms with Gasteiger partial charge in [-0.25, -0.2) is 0 Å². The maximum Gasteiger partial charge on any atom is 0.276 e. The van der Waals surface area contributed by atoms with Crippen molar-refractivity contribution in [3.05, 3.63) is 63.7 Å². The lowest BCUT2D eigenvalue weighted by Gasteiger charge is -2.09. The van der Waals surface area contributed by atoms with Crippen LogP contribution in [0.25, 0.3) is 0 Å². The predicted octanol–water partition coefficient (Wildman–Crippen LogP) is 3.90. The van der Waals surface area contributed by atoms with Gasteiger partial charge in [0.2, 0.25) is 0 Å². The van der Waals surface area contributed by atoms with Gasteiger partial charge in [0.1, 0.15) is 11.5 Å². The zero-order valence-corrected chi connectivity index (χ0v) is 11.1. The molecule has 102 valence electrons. The lowest BCUT2D eigenvalue weighted by atomic mass is 10.1. The first-order valence-corrected chi connectivity index (χ1v) is 6.02. The normalized spacial score (nSPS) is 10.1. The average Bonchev–Trinajstić information content (AvgIpc) is 2.41. The number of nitro groups is 1. The molecule has 0 aliphatic rings. The second kappa shape index (κ2) is 5.52. The number of nitrogens with zero attached hydrogens (tertiary/aromatic N) is 1. The largest absolute Gasteiger partial charge is 0.457 e. The van der Waals surface area contributed by atoms with Crippen molar-refractivity contribution in [1.29, 1.82) is 0 Å². The molecule has 0 heterocycles. The van der Waals surface area contributed by atoms with E-state index in [1.165, 1.54) is 13.0 Å². The number of carbonyl (C=O) groups excluding carboxylic acids is 1. The summed E-state index contributed by atoms with van der Waals surface area (Å²) in [6.45, 7) is 3.10. The molecular formula is C15H13NO4. The fourth-order valence-corrected chi connectivity index (χ4v) is 1.82. The number of hydrogen-bond acceptors (Lipinski definition) is 4. The minimum Gasteiger partial charge on any atom is -0.457 e. The van der Waals surface area contributed by atoms with Crippen LogP contribution in [0.5, 0.6) is 11.5 Å². The highest BCUT2D eigenvalue weighted by molar-refractivity contribution is 5.94. The van der Waals surface area contributed by atoms with Gasteiger partial charge in [-0.05, 0) is 32.0 Å². The second-order valence-corrected chi connectivity index (χ2v) is 4.34. The van der Waals surface area contributed by atoms with Crippen molar-refractivity contribution in [3.8, 4) is 11.5 Å². The number of ketones is 1. The van der Waals surface area contributed by atoms with Gasteiger partial charge in [-0.1, -0.05) is 18.2 Å². The SMILES string of the molecule is CC(=O)c1cccc(Oc2cccc([N+](=O)[O-])c2C)c1. The van der Waals surface area contributed by atoms with Crippen molar-refractivity contribution < 1.29 is 14.5 Å². The fourth-order valence-electron chi connectivity index (χ4n) is 1.82. The maximum atomic E-state index is 11.3. The topological polar surface area (TPSA) is 69.4 Å². The lowest BCUT2D eigenvalue weighted by molar-refractivity contribution is -0.385. The highest BCUT2D eigenvalue weighted by Gasteiger charge is 2.14. The van der Waals surface area contributed by atoms with Crippen LogP contribution in [0.4, 0.5) is 5.69 Å². The predicted molar refractivity (Wildman–Crippen MR) is 74.4 cm³/mol. The standard InChI is InChI=1S/C15H13NO4/c1-10-14(16(18)19)7-4-8-15(10)20-13-6-3-5-12(9-13)11(2)17/h3-9H,1-2H3. The quantitative estimate of drug-likeness (QED) is 0.480. The molecule has 0 saturated heterocycles. The van der Waals surface area contributed by atoms with Gasteiger partial charge in [0.15, 0.2) is 5.78 Å². The number of carbonyl (C=O) groups is 1. The molecule has 0 aliphatic carbocycles. The molecule has 0 spiro atoms. The molecular weight excluding hydrogens is 258 g/mol. The molecule has 2 rings (SSSR count). The van der Waals surface area contributed by atoms with Crippen molar-refractivity contribution in [1.82, 2.24) is 0 Å². The molecule has 0 fully saturated rings. The summed E-state index contributed by atoms with van der Waals surface area (Å²) in [5, 5.41) is 10.9. The van der Waals surface area contributed by atoms with Crippen LogP contribution in [-0.2, 0) is 0 Å². The van der Waals surface area contributed by atoms with Gasteiger partial charge in [0.05, 0.1) is 10.5 Å². The molecule has 0 aliphatic heterocycles. The maximum absolute atomic E-state index is 11.3. The third-order valence-electron chi connectivity index (χ3n) is 2.92. The zero-order chi connectivity index (χ0) is 14.7. The van der Waals surface area contributed by atoms with Crippen LogP contribution >= 0.6 is 0 Å². The number of Topliss-reactive ketones (excluding diaryl/α,β-unsaturated/α-hetero) is 1. The van der Waals surface area contributed by atoms with E-state index in [9.17, 15) is 14.9 Å². The van der Waals surface area contributed by atoms with E-state index in [1.54, 1.807) is 43.3 Å². The van der Waals surface area contributed by atoms with Crippen LogP contribution in [0.2, 0.25) is 0 Å². The zero-order valence-electron chi connectivity index (χ0n) is 11.1. The molecule has 0 N–H and O–H groups in total. The van der Waals surface area contributed by atoms with E-state index in [1.807, 2.05) is 0 Å². The summed E-state index contributed by atoms with van der Waals surface area (Å²) in [4.78, 5) is 21.7. The van der Waals surface area contributed by atoms with Crippen molar-refractivity contribution in [3.63, 3.8) is 0 Å². The minimum atomic E-state index is -0.450. The summed E-state index contributed by atoms with van der Waals surface area (Å²) in [5.41, 5.74) is 0.988. The van der Waals surface area contributed by atoms with Gasteiger partial charge in [-0.3, -0.25) is 14.9 Å². The van der Waals surface area contributed by atoms with E-state index >= 15 is 0 Å². The Kier molecular flexibility index (Phi) is 3.79. The summed E-state index contributed by atoms with van der Waals surface area (Å²) in [6.07, 6.45) is 0. The Morgan fingerprint density at radius 2 is 1.90 bits per heavy atom. The fraction of sp³-hybridized carbons (Fsp3) is 0.133. The van der Waals surface area contributed by atoms with Crippen LogP contribution in [-0.4, -0.2) is 10.7 Å². The summed E-state index contributed by atoms with van der Waals surface area (Å²) in [5.74, 6) is 0.812. The smallest absolute Gasteiger partial charge is 0.276 e. The van der Waals surface area contributed by atoms with Crippen molar-refractivity contribution in [2.45, 2.75) is 13.8 Å². The molecule has 0 saturated carbocycles. The molecule has 0 bridgehead atoms. The molecule has 2 aromatic carbocycles. The molecule has 0 amide bonds. The van der Waals surface area contributed by atoms with Crippen molar-refractivity contribution in [2.24, 2.45) is 0 Å². The van der Waals surface area contributed by atoms with Crippen molar-refractivity contribution in [2.75, 3.05) is 0 Å². The Morgan fingerprint density at radius 3 is 2.55 bits per heavy atom. The Balaban J connectivity index is 2.35. The van der Waals surface area contributed by atoms with E-state index < -0.39 is 4.92 Å². The lowest BCUT2D eigenvalue weighted by Crippen LogP contribution is -1.96. The van der Waals surface area contributed by atoms with E-state index in [0.717, 1.165) is 0 Å². The molecule has 0 unspecified atom stereocenters. The molecule has 0 atom stereocenters. The van der Waals surface area contributed by atoms with Crippen LogP contribution < -0.4 is 4.74 Å². The van der Waals surface area contributed by atoms with Gasteiger partial charge in [0, 0.05) is 11.6 Å². The van der Waals surface area contributed by atoms with E-state index in [4.69, 9.17) is 4.74 Å². The van der Waals surface area contributed by atoms with E-state index in [2.05, 4.69) is 0 Å². The first-order chi connectivity index (χ1) is 9.49. The van der Waals surface area contributed by atoms with Crippen LogP contribution in [0.1, 0.15) is 22.8 Å². The summed E-state index contributed by atoms with van der Waals surface area (Å²) in [7, 11) is 0. The van der Waals surface area contributed by atoms with E-state index in [0.29, 0.717) is 22.6 Å². The van der Waals surface area contributed by atoms with Crippen LogP contribution in [0.3, 0.4) is 0 Å². The van der Waals surface area contributed by atoms with Gasteiger partial charge < -0.3 is 4.74 Å². The number of hydrogen-bond donors (Lipinski definition) is 0. The monoisotopic (exact) mass is 271 g/mol. The third kappa shape index (κ3) is 2.83. The third-order valence-corrected chi connectivity index (χ3v) is 2.92.